The van der Waals surface area contributed by atoms with Gasteiger partial charge in [-0.2, -0.15) is 0 Å². The number of rotatable bonds is 7. The van der Waals surface area contributed by atoms with E-state index in [-0.39, 0.29) is 28.6 Å². The third-order valence-corrected chi connectivity index (χ3v) is 4.38. The SMILES string of the molecule is COc1ccc(C(=O)OCC(C)=O)cc1S(=O)(=O)N(C)OC. The maximum Gasteiger partial charge on any atom is 0.338 e. The van der Waals surface area contributed by atoms with Crippen LogP contribution in [0.1, 0.15) is 17.3 Å². The second-order valence-corrected chi connectivity index (χ2v) is 6.15. The lowest BCUT2D eigenvalue weighted by molar-refractivity contribution is -0.120. The molecule has 1 rings (SSSR count). The molecular weight excluding hydrogens is 314 g/mol. The molecule has 0 radical (unpaired) electrons. The van der Waals surface area contributed by atoms with E-state index in [0.29, 0.717) is 4.47 Å². The number of nitrogens with zero attached hydrogens (tertiary/aromatic N) is 1. The molecule has 22 heavy (non-hydrogen) atoms. The molecule has 1 aromatic rings. The minimum Gasteiger partial charge on any atom is -0.495 e. The van der Waals surface area contributed by atoms with E-state index in [9.17, 15) is 18.0 Å². The Morgan fingerprint density at radius 2 is 1.86 bits per heavy atom. The lowest BCUT2D eigenvalue weighted by Gasteiger charge is -2.17. The Kier molecular flexibility index (Phi) is 6.03. The van der Waals surface area contributed by atoms with Gasteiger partial charge in [0, 0.05) is 7.05 Å². The minimum atomic E-state index is -4.01. The van der Waals surface area contributed by atoms with Gasteiger partial charge in [-0.1, -0.05) is 4.47 Å². The van der Waals surface area contributed by atoms with Crippen molar-refractivity contribution in [2.24, 2.45) is 0 Å². The number of carbonyl (C=O) groups is 2. The molecule has 0 aliphatic heterocycles. The predicted molar refractivity (Wildman–Crippen MR) is 75.9 cm³/mol. The average Bonchev–Trinajstić information content (AvgIpc) is 2.50. The number of benzene rings is 1. The van der Waals surface area contributed by atoms with Crippen molar-refractivity contribution >= 4 is 21.8 Å². The van der Waals surface area contributed by atoms with E-state index in [1.807, 2.05) is 0 Å². The lowest BCUT2D eigenvalue weighted by Crippen LogP contribution is -2.26. The molecule has 0 aliphatic rings. The molecule has 0 amide bonds. The fraction of sp³-hybridized carbons (Fsp3) is 0.385. The van der Waals surface area contributed by atoms with Crippen LogP contribution in [-0.2, 0) is 24.4 Å². The summed E-state index contributed by atoms with van der Waals surface area (Å²) in [5.41, 5.74) is -0.0230. The van der Waals surface area contributed by atoms with Gasteiger partial charge in [0.1, 0.15) is 17.3 Å². The van der Waals surface area contributed by atoms with Gasteiger partial charge in [-0.3, -0.25) is 9.63 Å². The van der Waals surface area contributed by atoms with Gasteiger partial charge >= 0.3 is 5.97 Å². The molecule has 0 aromatic heterocycles. The molecule has 8 nitrogen and oxygen atoms in total. The molecule has 0 aliphatic carbocycles. The normalized spacial score (nSPS) is 11.3. The molecule has 0 fully saturated rings. The highest BCUT2D eigenvalue weighted by atomic mass is 32.2. The first-order chi connectivity index (χ1) is 10.2. The summed E-state index contributed by atoms with van der Waals surface area (Å²) < 4.78 is 35.0. The van der Waals surface area contributed by atoms with E-state index >= 15 is 0 Å². The zero-order valence-electron chi connectivity index (χ0n) is 12.7. The fourth-order valence-corrected chi connectivity index (χ4v) is 2.65. The number of esters is 1. The first kappa shape index (κ1) is 18.1. The van der Waals surface area contributed by atoms with Crippen molar-refractivity contribution in [1.82, 2.24) is 4.47 Å². The Morgan fingerprint density at radius 3 is 2.36 bits per heavy atom. The standard InChI is InChI=1S/C13H17NO7S/c1-9(15)8-21-13(16)10-5-6-11(19-3)12(7-10)22(17,18)14(2)20-4/h5-7H,8H2,1-4H3. The van der Waals surface area contributed by atoms with Crippen LogP contribution in [0.5, 0.6) is 5.75 Å². The number of methoxy groups -OCH3 is 1. The molecule has 0 spiro atoms. The van der Waals surface area contributed by atoms with Gasteiger partial charge in [-0.25, -0.2) is 13.2 Å². The topological polar surface area (TPSA) is 99.2 Å². The first-order valence-corrected chi connectivity index (χ1v) is 7.55. The summed E-state index contributed by atoms with van der Waals surface area (Å²) in [4.78, 5) is 27.1. The van der Waals surface area contributed by atoms with Crippen molar-refractivity contribution in [2.75, 3.05) is 27.9 Å². The van der Waals surface area contributed by atoms with Crippen LogP contribution in [0.15, 0.2) is 23.1 Å². The Labute approximate surface area is 128 Å². The quantitative estimate of drug-likeness (QED) is 0.533. The number of ketones is 1. The van der Waals surface area contributed by atoms with Gasteiger partial charge in [0.25, 0.3) is 10.0 Å². The van der Waals surface area contributed by atoms with E-state index in [2.05, 4.69) is 4.84 Å². The fourth-order valence-electron chi connectivity index (χ4n) is 1.49. The highest BCUT2D eigenvalue weighted by Crippen LogP contribution is 2.27. The van der Waals surface area contributed by atoms with Gasteiger partial charge in [0.2, 0.25) is 0 Å². The summed E-state index contributed by atoms with van der Waals surface area (Å²) in [7, 11) is -0.314. The number of Topliss-reactive ketones (excluding diaryl/α,β-unsaturated/α-hetero) is 1. The van der Waals surface area contributed by atoms with Crippen molar-refractivity contribution in [2.45, 2.75) is 11.8 Å². The molecular formula is C13H17NO7S. The van der Waals surface area contributed by atoms with E-state index < -0.39 is 16.0 Å². The van der Waals surface area contributed by atoms with Crippen molar-refractivity contribution < 1.29 is 32.3 Å². The smallest absolute Gasteiger partial charge is 0.338 e. The van der Waals surface area contributed by atoms with Crippen LogP contribution in [0.2, 0.25) is 0 Å². The maximum atomic E-state index is 12.3. The molecule has 9 heteroatoms. The monoisotopic (exact) mass is 331 g/mol. The van der Waals surface area contributed by atoms with Gasteiger partial charge in [-0.05, 0) is 25.1 Å². The molecule has 122 valence electrons. The summed E-state index contributed by atoms with van der Waals surface area (Å²) >= 11 is 0. The Balaban J connectivity index is 3.25. The molecule has 0 saturated heterocycles. The first-order valence-electron chi connectivity index (χ1n) is 6.11. The Bertz CT molecular complexity index is 669. The lowest BCUT2D eigenvalue weighted by atomic mass is 10.2. The van der Waals surface area contributed by atoms with Gasteiger partial charge in [0.05, 0.1) is 19.8 Å². The third kappa shape index (κ3) is 4.03. The number of hydrogen-bond acceptors (Lipinski definition) is 7. The van der Waals surface area contributed by atoms with Crippen LogP contribution in [0.25, 0.3) is 0 Å². The van der Waals surface area contributed by atoms with E-state index in [0.717, 1.165) is 6.07 Å². The van der Waals surface area contributed by atoms with E-state index in [4.69, 9.17) is 9.47 Å². The molecule has 0 N–H and O–H groups in total. The summed E-state index contributed by atoms with van der Waals surface area (Å²) in [6, 6.07) is 3.76. The molecule has 0 atom stereocenters. The molecule has 0 unspecified atom stereocenters. The molecule has 0 bridgehead atoms. The molecule has 1 aromatic carbocycles. The minimum absolute atomic E-state index is 0.0230. The zero-order valence-corrected chi connectivity index (χ0v) is 13.5. The van der Waals surface area contributed by atoms with Crippen LogP contribution in [0.4, 0.5) is 0 Å². The predicted octanol–water partition coefficient (Wildman–Crippen LogP) is 0.623. The molecule has 0 saturated carbocycles. The maximum absolute atomic E-state index is 12.3. The highest BCUT2D eigenvalue weighted by molar-refractivity contribution is 7.89. The van der Waals surface area contributed by atoms with Crippen LogP contribution in [0.3, 0.4) is 0 Å². The highest BCUT2D eigenvalue weighted by Gasteiger charge is 2.26. The summed E-state index contributed by atoms with van der Waals surface area (Å²) in [6.07, 6.45) is 0. The van der Waals surface area contributed by atoms with Gasteiger partial charge in [-0.15, -0.1) is 0 Å². The number of hydrogen-bond donors (Lipinski definition) is 0. The second kappa shape index (κ2) is 7.34. The third-order valence-electron chi connectivity index (χ3n) is 2.68. The van der Waals surface area contributed by atoms with Crippen molar-refractivity contribution in [3.8, 4) is 5.75 Å². The summed E-state index contributed by atoms with van der Waals surface area (Å²) in [5, 5.41) is 0. The van der Waals surface area contributed by atoms with Crippen molar-refractivity contribution in [1.29, 1.82) is 0 Å². The van der Waals surface area contributed by atoms with Gasteiger partial charge < -0.3 is 9.47 Å². The van der Waals surface area contributed by atoms with E-state index in [1.165, 1.54) is 40.3 Å². The Hall–Kier alpha value is -1.97. The zero-order chi connectivity index (χ0) is 16.9. The van der Waals surface area contributed by atoms with Crippen LogP contribution >= 0.6 is 0 Å². The molecule has 0 heterocycles. The number of carbonyl (C=O) groups excluding carboxylic acids is 2. The van der Waals surface area contributed by atoms with E-state index in [1.54, 1.807) is 0 Å². The summed E-state index contributed by atoms with van der Waals surface area (Å²) in [5.74, 6) is -1.09. The second-order valence-electron chi connectivity index (χ2n) is 4.24. The van der Waals surface area contributed by atoms with Gasteiger partial charge in [0.15, 0.2) is 5.78 Å². The Morgan fingerprint density at radius 1 is 1.23 bits per heavy atom. The number of hydroxylamine groups is 1. The van der Waals surface area contributed by atoms with Crippen LogP contribution < -0.4 is 4.74 Å². The van der Waals surface area contributed by atoms with Crippen LogP contribution in [-0.4, -0.2) is 52.5 Å². The summed E-state index contributed by atoms with van der Waals surface area (Å²) in [6.45, 7) is 0.885. The number of sulfonamides is 1. The number of ether oxygens (including phenoxy) is 2. The largest absolute Gasteiger partial charge is 0.495 e. The van der Waals surface area contributed by atoms with Crippen molar-refractivity contribution in [3.05, 3.63) is 23.8 Å². The van der Waals surface area contributed by atoms with Crippen LogP contribution in [0, 0.1) is 0 Å². The average molecular weight is 331 g/mol. The van der Waals surface area contributed by atoms with Crippen molar-refractivity contribution in [3.63, 3.8) is 0 Å².